The molecule has 1 aromatic carbocycles. The van der Waals surface area contributed by atoms with Gasteiger partial charge >= 0.3 is 0 Å². The summed E-state index contributed by atoms with van der Waals surface area (Å²) in [5.41, 5.74) is 11.5. The van der Waals surface area contributed by atoms with Gasteiger partial charge in [-0.25, -0.2) is 0 Å². The topological polar surface area (TPSA) is 107 Å². The fraction of sp³-hybridized carbons (Fsp3) is 0.385. The second kappa shape index (κ2) is 6.63. The van der Waals surface area contributed by atoms with Crippen molar-refractivity contribution in [3.8, 4) is 5.75 Å². The first-order chi connectivity index (χ1) is 8.90. The highest BCUT2D eigenvalue weighted by Gasteiger charge is 2.09. The van der Waals surface area contributed by atoms with Crippen molar-refractivity contribution in [3.63, 3.8) is 0 Å². The van der Waals surface area contributed by atoms with E-state index in [0.717, 1.165) is 0 Å². The van der Waals surface area contributed by atoms with Crippen LogP contribution in [-0.4, -0.2) is 25.0 Å². The van der Waals surface area contributed by atoms with Gasteiger partial charge in [-0.3, -0.25) is 9.59 Å². The summed E-state index contributed by atoms with van der Waals surface area (Å²) in [6, 6.07) is 4.64. The van der Waals surface area contributed by atoms with E-state index in [9.17, 15) is 9.59 Å². The lowest BCUT2D eigenvalue weighted by atomic mass is 10.1. The number of hydrogen-bond donors (Lipinski definition) is 3. The number of nitrogen functional groups attached to an aromatic ring is 1. The molecule has 0 atom stereocenters. The summed E-state index contributed by atoms with van der Waals surface area (Å²) in [5, 5.41) is 2.79. The Kier molecular flexibility index (Phi) is 5.17. The van der Waals surface area contributed by atoms with Crippen molar-refractivity contribution in [2.75, 3.05) is 18.9 Å². The van der Waals surface area contributed by atoms with Gasteiger partial charge in [-0.05, 0) is 24.1 Å². The maximum absolute atomic E-state index is 11.8. The number of rotatable bonds is 6. The molecular formula is C13H19N3O3. The molecule has 5 N–H and O–H groups in total. The summed E-state index contributed by atoms with van der Waals surface area (Å²) in [7, 11) is 0. The number of hydrogen-bond acceptors (Lipinski definition) is 4. The molecule has 0 unspecified atom stereocenters. The molecule has 19 heavy (non-hydrogen) atoms. The van der Waals surface area contributed by atoms with E-state index >= 15 is 0 Å². The molecule has 6 heteroatoms. The van der Waals surface area contributed by atoms with Crippen molar-refractivity contribution in [2.45, 2.75) is 13.8 Å². The van der Waals surface area contributed by atoms with E-state index in [1.54, 1.807) is 12.1 Å². The molecule has 0 bridgehead atoms. The Morgan fingerprint density at radius 1 is 1.37 bits per heavy atom. The molecule has 0 heterocycles. The van der Waals surface area contributed by atoms with E-state index in [2.05, 4.69) is 5.32 Å². The van der Waals surface area contributed by atoms with Crippen molar-refractivity contribution >= 4 is 17.5 Å². The second-order valence-electron chi connectivity index (χ2n) is 4.61. The summed E-state index contributed by atoms with van der Waals surface area (Å²) in [4.78, 5) is 22.4. The average Bonchev–Trinajstić information content (AvgIpc) is 2.34. The van der Waals surface area contributed by atoms with Gasteiger partial charge in [-0.2, -0.15) is 0 Å². The Morgan fingerprint density at radius 2 is 2.05 bits per heavy atom. The third kappa shape index (κ3) is 4.87. The molecule has 0 saturated heterocycles. The molecule has 1 rings (SSSR count). The number of nitrogens with two attached hydrogens (primary N) is 2. The first kappa shape index (κ1) is 14.8. The third-order valence-corrected chi connectivity index (χ3v) is 2.31. The van der Waals surface area contributed by atoms with Crippen LogP contribution in [0.25, 0.3) is 0 Å². The molecule has 0 spiro atoms. The zero-order valence-electron chi connectivity index (χ0n) is 11.1. The zero-order valence-corrected chi connectivity index (χ0v) is 11.1. The molecule has 0 fully saturated rings. The van der Waals surface area contributed by atoms with Gasteiger partial charge < -0.3 is 21.5 Å². The predicted octanol–water partition coefficient (Wildman–Crippen LogP) is 0.519. The van der Waals surface area contributed by atoms with Crippen LogP contribution in [0.3, 0.4) is 0 Å². The van der Waals surface area contributed by atoms with E-state index in [-0.39, 0.29) is 12.5 Å². The molecule has 104 valence electrons. The van der Waals surface area contributed by atoms with Gasteiger partial charge in [0.05, 0.1) is 5.69 Å². The minimum absolute atomic E-state index is 0.193. The maximum atomic E-state index is 11.8. The van der Waals surface area contributed by atoms with Crippen LogP contribution < -0.4 is 21.5 Å². The minimum Gasteiger partial charge on any atom is -0.482 e. The molecular weight excluding hydrogens is 246 g/mol. The van der Waals surface area contributed by atoms with Gasteiger partial charge in [0.15, 0.2) is 6.61 Å². The minimum atomic E-state index is -0.585. The SMILES string of the molecule is CC(C)CNC(=O)c1ccc(OCC(N)=O)c(N)c1. The first-order valence-corrected chi connectivity index (χ1v) is 5.99. The van der Waals surface area contributed by atoms with Gasteiger partial charge in [0.1, 0.15) is 5.75 Å². The fourth-order valence-electron chi connectivity index (χ4n) is 1.37. The molecule has 6 nitrogen and oxygen atoms in total. The van der Waals surface area contributed by atoms with Crippen LogP contribution in [0.1, 0.15) is 24.2 Å². The number of ether oxygens (including phenoxy) is 1. The van der Waals surface area contributed by atoms with Crippen LogP contribution in [0.2, 0.25) is 0 Å². The van der Waals surface area contributed by atoms with Gasteiger partial charge in [0, 0.05) is 12.1 Å². The number of benzene rings is 1. The number of nitrogens with one attached hydrogen (secondary N) is 1. The number of primary amides is 1. The highest BCUT2D eigenvalue weighted by atomic mass is 16.5. The Bertz CT molecular complexity index is 472. The van der Waals surface area contributed by atoms with Gasteiger partial charge in [0.25, 0.3) is 11.8 Å². The van der Waals surface area contributed by atoms with Crippen molar-refractivity contribution in [2.24, 2.45) is 11.7 Å². The number of carbonyl (C=O) groups excluding carboxylic acids is 2. The van der Waals surface area contributed by atoms with Crippen molar-refractivity contribution in [3.05, 3.63) is 23.8 Å². The third-order valence-electron chi connectivity index (χ3n) is 2.31. The predicted molar refractivity (Wildman–Crippen MR) is 72.7 cm³/mol. The Morgan fingerprint density at radius 3 is 2.58 bits per heavy atom. The molecule has 0 aliphatic heterocycles. The summed E-state index contributed by atoms with van der Waals surface area (Å²) in [5.74, 6) is -0.0707. The van der Waals surface area contributed by atoms with E-state index in [1.807, 2.05) is 13.8 Å². The monoisotopic (exact) mass is 265 g/mol. The van der Waals surface area contributed by atoms with Crippen LogP contribution in [-0.2, 0) is 4.79 Å². The highest BCUT2D eigenvalue weighted by molar-refractivity contribution is 5.95. The van der Waals surface area contributed by atoms with Crippen LogP contribution in [0.15, 0.2) is 18.2 Å². The maximum Gasteiger partial charge on any atom is 0.255 e. The lowest BCUT2D eigenvalue weighted by Gasteiger charge is -2.10. The standard InChI is InChI=1S/C13H19N3O3/c1-8(2)6-16-13(18)9-3-4-11(10(14)5-9)19-7-12(15)17/h3-5,8H,6-7,14H2,1-2H3,(H2,15,17)(H,16,18). The summed E-state index contributed by atoms with van der Waals surface area (Å²) < 4.78 is 5.10. The number of carbonyl (C=O) groups is 2. The number of anilines is 1. The highest BCUT2D eigenvalue weighted by Crippen LogP contribution is 2.22. The molecule has 0 aliphatic carbocycles. The Balaban J connectivity index is 2.70. The van der Waals surface area contributed by atoms with Crippen LogP contribution >= 0.6 is 0 Å². The van der Waals surface area contributed by atoms with Crippen LogP contribution in [0, 0.1) is 5.92 Å². The first-order valence-electron chi connectivity index (χ1n) is 5.99. The largest absolute Gasteiger partial charge is 0.482 e. The van der Waals surface area contributed by atoms with Crippen LogP contribution in [0.5, 0.6) is 5.75 Å². The second-order valence-corrected chi connectivity index (χ2v) is 4.61. The quantitative estimate of drug-likeness (QED) is 0.651. The summed E-state index contributed by atoms with van der Waals surface area (Å²) >= 11 is 0. The van der Waals surface area contributed by atoms with Crippen LogP contribution in [0.4, 0.5) is 5.69 Å². The number of amides is 2. The normalized spacial score (nSPS) is 10.3. The Labute approximate surface area is 112 Å². The van der Waals surface area contributed by atoms with E-state index in [1.165, 1.54) is 6.07 Å². The molecule has 2 amide bonds. The molecule has 0 saturated carbocycles. The smallest absolute Gasteiger partial charge is 0.255 e. The molecule has 0 aliphatic rings. The van der Waals surface area contributed by atoms with Gasteiger partial charge in [-0.15, -0.1) is 0 Å². The summed E-state index contributed by atoms with van der Waals surface area (Å²) in [6.45, 7) is 4.37. The Hall–Kier alpha value is -2.24. The average molecular weight is 265 g/mol. The van der Waals surface area contributed by atoms with E-state index in [4.69, 9.17) is 16.2 Å². The lowest BCUT2D eigenvalue weighted by molar-refractivity contribution is -0.119. The fourth-order valence-corrected chi connectivity index (χ4v) is 1.37. The summed E-state index contributed by atoms with van der Waals surface area (Å²) in [6.07, 6.45) is 0. The van der Waals surface area contributed by atoms with Crippen molar-refractivity contribution < 1.29 is 14.3 Å². The molecule has 0 aromatic heterocycles. The zero-order chi connectivity index (χ0) is 14.4. The van der Waals surface area contributed by atoms with Gasteiger partial charge in [-0.1, -0.05) is 13.8 Å². The van der Waals surface area contributed by atoms with E-state index < -0.39 is 5.91 Å². The molecule has 1 aromatic rings. The van der Waals surface area contributed by atoms with Crippen molar-refractivity contribution in [1.29, 1.82) is 0 Å². The van der Waals surface area contributed by atoms with Gasteiger partial charge in [0.2, 0.25) is 0 Å². The van der Waals surface area contributed by atoms with E-state index in [0.29, 0.717) is 29.5 Å². The van der Waals surface area contributed by atoms with Crippen molar-refractivity contribution in [1.82, 2.24) is 5.32 Å². The lowest BCUT2D eigenvalue weighted by Crippen LogP contribution is -2.27. The molecule has 0 radical (unpaired) electrons.